The fourth-order valence-electron chi connectivity index (χ4n) is 3.55. The predicted octanol–water partition coefficient (Wildman–Crippen LogP) is 3.08. The van der Waals surface area contributed by atoms with Gasteiger partial charge in [0.25, 0.3) is 0 Å². The van der Waals surface area contributed by atoms with Gasteiger partial charge in [0.1, 0.15) is 0 Å². The van der Waals surface area contributed by atoms with Crippen LogP contribution < -0.4 is 4.90 Å². The summed E-state index contributed by atoms with van der Waals surface area (Å²) in [7, 11) is -2.02. The second-order valence-electron chi connectivity index (χ2n) is 7.14. The molecule has 2 aromatic heterocycles. The van der Waals surface area contributed by atoms with Gasteiger partial charge in [-0.15, -0.1) is 0 Å². The van der Waals surface area contributed by atoms with E-state index in [-0.39, 0.29) is 16.1 Å². The van der Waals surface area contributed by atoms with E-state index >= 15 is 0 Å². The van der Waals surface area contributed by atoms with E-state index in [1.165, 1.54) is 23.0 Å². The highest BCUT2D eigenvalue weighted by atomic mass is 35.5. The van der Waals surface area contributed by atoms with Crippen LogP contribution in [-0.4, -0.2) is 41.0 Å². The molecule has 1 aliphatic heterocycles. The molecule has 0 amide bonds. The lowest BCUT2D eigenvalue weighted by Gasteiger charge is -2.40. The Labute approximate surface area is 157 Å². The fourth-order valence-corrected chi connectivity index (χ4v) is 5.70. The SMILES string of the molecule is Cn1nc(Cl)cc1S(=O)(=O)C(C)(C)C1CCN(c2ccc(F)nc2)CC1. The minimum Gasteiger partial charge on any atom is -0.370 e. The van der Waals surface area contributed by atoms with Crippen LogP contribution in [0, 0.1) is 11.9 Å². The molecule has 142 valence electrons. The molecule has 9 heteroatoms. The van der Waals surface area contributed by atoms with Gasteiger partial charge in [-0.1, -0.05) is 11.6 Å². The van der Waals surface area contributed by atoms with Gasteiger partial charge in [0.05, 0.1) is 16.6 Å². The molecule has 0 bridgehead atoms. The highest BCUT2D eigenvalue weighted by Gasteiger charge is 2.45. The third kappa shape index (κ3) is 3.32. The van der Waals surface area contributed by atoms with Crippen LogP contribution in [0.3, 0.4) is 0 Å². The van der Waals surface area contributed by atoms with Crippen molar-refractivity contribution in [1.82, 2.24) is 14.8 Å². The first kappa shape index (κ1) is 19.1. The van der Waals surface area contributed by atoms with E-state index in [1.54, 1.807) is 27.0 Å². The summed E-state index contributed by atoms with van der Waals surface area (Å²) in [6.45, 7) is 4.93. The summed E-state index contributed by atoms with van der Waals surface area (Å²) in [5.41, 5.74) is 0.851. The molecule has 6 nitrogen and oxygen atoms in total. The van der Waals surface area contributed by atoms with Crippen molar-refractivity contribution in [3.8, 4) is 0 Å². The van der Waals surface area contributed by atoms with Crippen LogP contribution in [0.25, 0.3) is 0 Å². The molecule has 3 heterocycles. The average Bonchev–Trinajstić information content (AvgIpc) is 2.94. The molecule has 0 atom stereocenters. The van der Waals surface area contributed by atoms with Gasteiger partial charge in [-0.25, -0.2) is 13.4 Å². The highest BCUT2D eigenvalue weighted by molar-refractivity contribution is 7.92. The van der Waals surface area contributed by atoms with Gasteiger partial charge in [-0.05, 0) is 44.7 Å². The van der Waals surface area contributed by atoms with E-state index in [0.29, 0.717) is 13.1 Å². The molecule has 0 aromatic carbocycles. The average molecular weight is 401 g/mol. The second kappa shape index (κ2) is 6.81. The van der Waals surface area contributed by atoms with Crippen LogP contribution in [0.5, 0.6) is 0 Å². The maximum Gasteiger partial charge on any atom is 0.212 e. The second-order valence-corrected chi connectivity index (χ2v) is 10.0. The van der Waals surface area contributed by atoms with Crippen molar-refractivity contribution in [3.63, 3.8) is 0 Å². The van der Waals surface area contributed by atoms with Gasteiger partial charge in [0.2, 0.25) is 15.8 Å². The van der Waals surface area contributed by atoms with Crippen molar-refractivity contribution in [2.24, 2.45) is 13.0 Å². The Hall–Kier alpha value is -1.67. The highest BCUT2D eigenvalue weighted by Crippen LogP contribution is 2.38. The summed E-state index contributed by atoms with van der Waals surface area (Å²) in [5, 5.41) is 4.26. The Balaban J connectivity index is 1.77. The molecular weight excluding hydrogens is 379 g/mol. The molecule has 0 saturated carbocycles. The number of sulfone groups is 1. The minimum atomic E-state index is -3.60. The normalized spacial score (nSPS) is 16.9. The molecule has 0 spiro atoms. The summed E-state index contributed by atoms with van der Waals surface area (Å²) in [6.07, 6.45) is 2.94. The zero-order valence-corrected chi connectivity index (χ0v) is 16.6. The number of hydrogen-bond donors (Lipinski definition) is 0. The third-order valence-electron chi connectivity index (χ3n) is 5.33. The van der Waals surface area contributed by atoms with Crippen LogP contribution in [0.4, 0.5) is 10.1 Å². The Morgan fingerprint density at radius 1 is 1.27 bits per heavy atom. The Morgan fingerprint density at radius 2 is 1.92 bits per heavy atom. The molecule has 2 aromatic rings. The minimum absolute atomic E-state index is 0.00849. The lowest BCUT2D eigenvalue weighted by Crippen LogP contribution is -2.46. The summed E-state index contributed by atoms with van der Waals surface area (Å²) in [6, 6.07) is 4.43. The predicted molar refractivity (Wildman–Crippen MR) is 98.6 cm³/mol. The number of halogens is 2. The number of pyridine rings is 1. The number of piperidine rings is 1. The molecule has 26 heavy (non-hydrogen) atoms. The van der Waals surface area contributed by atoms with Crippen LogP contribution in [0.1, 0.15) is 26.7 Å². The van der Waals surface area contributed by atoms with E-state index in [2.05, 4.69) is 15.0 Å². The number of aryl methyl sites for hydroxylation is 1. The van der Waals surface area contributed by atoms with Gasteiger partial charge < -0.3 is 4.90 Å². The molecular formula is C17H22ClFN4O2S. The van der Waals surface area contributed by atoms with Crippen molar-refractivity contribution >= 4 is 27.1 Å². The molecule has 0 unspecified atom stereocenters. The Morgan fingerprint density at radius 3 is 2.42 bits per heavy atom. The van der Waals surface area contributed by atoms with Crippen molar-refractivity contribution in [2.45, 2.75) is 36.5 Å². The molecule has 1 fully saturated rings. The smallest absolute Gasteiger partial charge is 0.212 e. The first-order valence-electron chi connectivity index (χ1n) is 8.43. The summed E-state index contributed by atoms with van der Waals surface area (Å²) < 4.78 is 39.7. The Kier molecular flexibility index (Phi) is 5.00. The van der Waals surface area contributed by atoms with Crippen LogP contribution in [-0.2, 0) is 16.9 Å². The lowest BCUT2D eigenvalue weighted by molar-refractivity contribution is 0.323. The standard InChI is InChI=1S/C17H22ClFN4O2S/c1-17(2,26(24,25)16-10-14(18)21-22(16)3)12-6-8-23(9-7-12)13-4-5-15(19)20-11-13/h4-5,10-12H,6-9H2,1-3H3. The van der Waals surface area contributed by atoms with Gasteiger partial charge in [0.15, 0.2) is 10.2 Å². The lowest BCUT2D eigenvalue weighted by atomic mass is 9.85. The molecule has 0 radical (unpaired) electrons. The van der Waals surface area contributed by atoms with Crippen molar-refractivity contribution < 1.29 is 12.8 Å². The third-order valence-corrected chi connectivity index (χ3v) is 8.17. The molecule has 1 saturated heterocycles. The number of aromatic nitrogens is 3. The van der Waals surface area contributed by atoms with E-state index in [1.807, 2.05) is 0 Å². The van der Waals surface area contributed by atoms with Gasteiger partial charge in [0, 0.05) is 26.2 Å². The van der Waals surface area contributed by atoms with Crippen LogP contribution >= 0.6 is 11.6 Å². The van der Waals surface area contributed by atoms with Crippen molar-refractivity contribution in [1.29, 1.82) is 0 Å². The molecule has 3 rings (SSSR count). The van der Waals surface area contributed by atoms with E-state index in [0.717, 1.165) is 18.5 Å². The van der Waals surface area contributed by atoms with Gasteiger partial charge in [-0.3, -0.25) is 4.68 Å². The quantitative estimate of drug-likeness (QED) is 0.738. The Bertz CT molecular complexity index is 888. The van der Waals surface area contributed by atoms with E-state index in [4.69, 9.17) is 11.6 Å². The molecule has 1 aliphatic rings. The van der Waals surface area contributed by atoms with E-state index in [9.17, 15) is 12.8 Å². The summed E-state index contributed by atoms with van der Waals surface area (Å²) >= 11 is 5.87. The largest absolute Gasteiger partial charge is 0.370 e. The monoisotopic (exact) mass is 400 g/mol. The zero-order valence-electron chi connectivity index (χ0n) is 15.0. The topological polar surface area (TPSA) is 68.1 Å². The van der Waals surface area contributed by atoms with Crippen LogP contribution in [0.2, 0.25) is 5.15 Å². The number of nitrogens with zero attached hydrogens (tertiary/aromatic N) is 4. The maximum atomic E-state index is 13.2. The van der Waals surface area contributed by atoms with Crippen LogP contribution in [0.15, 0.2) is 29.4 Å². The molecule has 0 aliphatic carbocycles. The molecule has 0 N–H and O–H groups in total. The van der Waals surface area contributed by atoms with Crippen molar-refractivity contribution in [2.75, 3.05) is 18.0 Å². The fraction of sp³-hybridized carbons (Fsp3) is 0.529. The van der Waals surface area contributed by atoms with Gasteiger partial charge >= 0.3 is 0 Å². The van der Waals surface area contributed by atoms with Crippen molar-refractivity contribution in [3.05, 3.63) is 35.5 Å². The van der Waals surface area contributed by atoms with E-state index < -0.39 is 20.5 Å². The number of rotatable bonds is 4. The summed E-state index contributed by atoms with van der Waals surface area (Å²) in [4.78, 5) is 5.79. The zero-order chi connectivity index (χ0) is 19.1. The summed E-state index contributed by atoms with van der Waals surface area (Å²) in [5.74, 6) is -0.517. The number of anilines is 1. The first-order valence-corrected chi connectivity index (χ1v) is 10.3. The van der Waals surface area contributed by atoms with Gasteiger partial charge in [-0.2, -0.15) is 9.49 Å². The maximum absolute atomic E-state index is 13.2. The number of hydrogen-bond acceptors (Lipinski definition) is 5. The first-order chi connectivity index (χ1) is 12.1.